The second-order valence-electron chi connectivity index (χ2n) is 1.16. The molecule has 0 atom stereocenters. The average Bonchev–Trinajstić information content (AvgIpc) is 1.86. The molecule has 0 amide bonds. The Kier molecular flexibility index (Phi) is 1.12. The number of nitrogens with zero attached hydrogens (tertiary/aromatic N) is 2. The maximum atomic E-state index is 3.93. The summed E-state index contributed by atoms with van der Waals surface area (Å²) in [6.45, 7) is 0.852. The zero-order valence-electron chi connectivity index (χ0n) is 3.59. The van der Waals surface area contributed by atoms with E-state index in [4.69, 9.17) is 0 Å². The van der Waals surface area contributed by atoms with Crippen molar-refractivity contribution < 1.29 is 0 Å². The zero-order valence-corrected chi connectivity index (χ0v) is 4.40. The van der Waals surface area contributed by atoms with Crippen LogP contribution in [0.2, 0.25) is 0 Å². The first-order chi connectivity index (χ1) is 2.89. The van der Waals surface area contributed by atoms with Crippen molar-refractivity contribution in [1.29, 1.82) is 0 Å². The molecule has 1 heterocycles. The lowest BCUT2D eigenvalue weighted by Crippen LogP contribution is -2.01. The highest BCUT2D eigenvalue weighted by Gasteiger charge is 1.97. The predicted octanol–water partition coefficient (Wildman–Crippen LogP) is 0.566. The molecule has 0 unspecified atom stereocenters. The van der Waals surface area contributed by atoms with Gasteiger partial charge in [-0.05, 0) is 19.0 Å². The lowest BCUT2D eigenvalue weighted by molar-refractivity contribution is 0.604. The Hall–Kier alpha value is -0.0200. The molecule has 1 aliphatic rings. The molecule has 6 heavy (non-hydrogen) atoms. The van der Waals surface area contributed by atoms with Crippen LogP contribution in [0.3, 0.4) is 0 Å². The number of aliphatic imine (C=N–C) groups is 1. The molecular formula is C3H6N2S. The van der Waals surface area contributed by atoms with Crippen molar-refractivity contribution in [1.82, 2.24) is 4.31 Å². The van der Waals surface area contributed by atoms with Gasteiger partial charge in [-0.25, -0.2) is 4.31 Å². The largest absolute Gasteiger partial charge is 0.269 e. The third kappa shape index (κ3) is 0.725. The molecule has 3 heteroatoms. The number of hydrogen-bond acceptors (Lipinski definition) is 3. The van der Waals surface area contributed by atoms with Gasteiger partial charge in [0.15, 0.2) is 0 Å². The Morgan fingerprint density at radius 1 is 2.00 bits per heavy atom. The van der Waals surface area contributed by atoms with Gasteiger partial charge < -0.3 is 0 Å². The summed E-state index contributed by atoms with van der Waals surface area (Å²) in [4.78, 5) is 3.93. The Balaban J connectivity index is 2.32. The maximum Gasteiger partial charge on any atom is 0.101 e. The van der Waals surface area contributed by atoms with Crippen LogP contribution in [0, 0.1) is 0 Å². The third-order valence-corrected chi connectivity index (χ3v) is 1.30. The minimum atomic E-state index is 0.852. The van der Waals surface area contributed by atoms with Gasteiger partial charge in [-0.1, -0.05) is 0 Å². The molecule has 0 saturated carbocycles. The van der Waals surface area contributed by atoms with Gasteiger partial charge in [-0.15, -0.1) is 0 Å². The number of hydrogen-bond donors (Lipinski definition) is 0. The van der Waals surface area contributed by atoms with Crippen LogP contribution in [0.15, 0.2) is 4.99 Å². The summed E-state index contributed by atoms with van der Waals surface area (Å²) in [5.74, 6) is 0. The van der Waals surface area contributed by atoms with Crippen molar-refractivity contribution in [3.8, 4) is 0 Å². The first-order valence-corrected chi connectivity index (χ1v) is 2.59. The minimum Gasteiger partial charge on any atom is -0.269 e. The van der Waals surface area contributed by atoms with Crippen LogP contribution < -0.4 is 0 Å². The highest BCUT2D eigenvalue weighted by Crippen LogP contribution is 2.07. The van der Waals surface area contributed by atoms with E-state index >= 15 is 0 Å². The fourth-order valence-corrected chi connectivity index (χ4v) is 0.723. The standard InChI is InChI=1S/C3H6N2S/c1-5-2-4-3-6-5/h3H,2H2,1H3. The quantitative estimate of drug-likeness (QED) is 0.415. The summed E-state index contributed by atoms with van der Waals surface area (Å²) in [5, 5.41) is 0. The summed E-state index contributed by atoms with van der Waals surface area (Å²) >= 11 is 1.64. The molecule has 0 spiro atoms. The van der Waals surface area contributed by atoms with E-state index in [-0.39, 0.29) is 0 Å². The van der Waals surface area contributed by atoms with Gasteiger partial charge in [0, 0.05) is 0 Å². The van der Waals surface area contributed by atoms with Crippen LogP contribution >= 0.6 is 11.9 Å². The molecule has 0 aromatic carbocycles. The Morgan fingerprint density at radius 3 is 3.00 bits per heavy atom. The monoisotopic (exact) mass is 102 g/mol. The van der Waals surface area contributed by atoms with Crippen molar-refractivity contribution in [3.63, 3.8) is 0 Å². The molecule has 0 N–H and O–H groups in total. The van der Waals surface area contributed by atoms with Crippen molar-refractivity contribution >= 4 is 17.5 Å². The van der Waals surface area contributed by atoms with Gasteiger partial charge in [0.2, 0.25) is 0 Å². The van der Waals surface area contributed by atoms with E-state index in [1.807, 2.05) is 12.6 Å². The maximum absolute atomic E-state index is 3.93. The van der Waals surface area contributed by atoms with Crippen LogP contribution in [0.1, 0.15) is 0 Å². The van der Waals surface area contributed by atoms with Crippen molar-refractivity contribution in [3.05, 3.63) is 0 Å². The van der Waals surface area contributed by atoms with Gasteiger partial charge in [0.25, 0.3) is 0 Å². The third-order valence-electron chi connectivity index (χ3n) is 0.582. The Morgan fingerprint density at radius 2 is 2.83 bits per heavy atom. The fourth-order valence-electron chi connectivity index (χ4n) is 0.295. The molecule has 34 valence electrons. The Labute approximate surface area is 41.4 Å². The van der Waals surface area contributed by atoms with Gasteiger partial charge in [0.05, 0.1) is 5.55 Å². The highest BCUT2D eigenvalue weighted by molar-refractivity contribution is 8.10. The zero-order chi connectivity index (χ0) is 4.41. The normalized spacial score (nSPS) is 22.8. The van der Waals surface area contributed by atoms with E-state index < -0.39 is 0 Å². The molecule has 0 aromatic rings. The summed E-state index contributed by atoms with van der Waals surface area (Å²) in [6, 6.07) is 0. The lowest BCUT2D eigenvalue weighted by atomic mass is 11.1. The molecule has 2 nitrogen and oxygen atoms in total. The molecule has 0 fully saturated rings. The van der Waals surface area contributed by atoms with Crippen LogP contribution in [0.25, 0.3) is 0 Å². The first-order valence-electron chi connectivity index (χ1n) is 1.76. The average molecular weight is 102 g/mol. The Bertz CT molecular complexity index is 63.2. The molecular weight excluding hydrogens is 96.1 g/mol. The lowest BCUT2D eigenvalue weighted by Gasteiger charge is -1.97. The molecule has 0 radical (unpaired) electrons. The molecule has 0 aromatic heterocycles. The topological polar surface area (TPSA) is 15.6 Å². The SMILES string of the molecule is CN1CN=CS1. The van der Waals surface area contributed by atoms with E-state index in [1.54, 1.807) is 11.9 Å². The predicted molar refractivity (Wildman–Crippen MR) is 28.7 cm³/mol. The summed E-state index contributed by atoms with van der Waals surface area (Å²) in [5.41, 5.74) is 1.85. The van der Waals surface area contributed by atoms with E-state index in [1.165, 1.54) is 0 Å². The summed E-state index contributed by atoms with van der Waals surface area (Å²) < 4.78 is 2.06. The minimum absolute atomic E-state index is 0.852. The van der Waals surface area contributed by atoms with Crippen LogP contribution in [0.4, 0.5) is 0 Å². The first kappa shape index (κ1) is 4.15. The highest BCUT2D eigenvalue weighted by atomic mass is 32.2. The summed E-state index contributed by atoms with van der Waals surface area (Å²) in [7, 11) is 2.01. The second-order valence-corrected chi connectivity index (χ2v) is 2.21. The van der Waals surface area contributed by atoms with Crippen molar-refractivity contribution in [2.75, 3.05) is 13.7 Å². The molecule has 1 aliphatic heterocycles. The van der Waals surface area contributed by atoms with Crippen LogP contribution in [-0.2, 0) is 0 Å². The van der Waals surface area contributed by atoms with E-state index in [2.05, 4.69) is 9.30 Å². The molecule has 1 rings (SSSR count). The van der Waals surface area contributed by atoms with E-state index in [0.29, 0.717) is 0 Å². The summed E-state index contributed by atoms with van der Waals surface area (Å²) in [6.07, 6.45) is 0. The molecule has 0 saturated heterocycles. The van der Waals surface area contributed by atoms with Crippen molar-refractivity contribution in [2.24, 2.45) is 4.99 Å². The van der Waals surface area contributed by atoms with Gasteiger partial charge in [-0.3, -0.25) is 4.99 Å². The van der Waals surface area contributed by atoms with E-state index in [0.717, 1.165) is 6.67 Å². The smallest absolute Gasteiger partial charge is 0.101 e. The second kappa shape index (κ2) is 1.62. The molecule has 0 bridgehead atoms. The number of rotatable bonds is 0. The van der Waals surface area contributed by atoms with Gasteiger partial charge >= 0.3 is 0 Å². The fraction of sp³-hybridized carbons (Fsp3) is 0.667. The van der Waals surface area contributed by atoms with Crippen LogP contribution in [0.5, 0.6) is 0 Å². The van der Waals surface area contributed by atoms with Crippen molar-refractivity contribution in [2.45, 2.75) is 0 Å². The molecule has 0 aliphatic carbocycles. The van der Waals surface area contributed by atoms with E-state index in [9.17, 15) is 0 Å². The van der Waals surface area contributed by atoms with Gasteiger partial charge in [0.1, 0.15) is 6.67 Å². The van der Waals surface area contributed by atoms with Gasteiger partial charge in [-0.2, -0.15) is 0 Å². The van der Waals surface area contributed by atoms with Crippen LogP contribution in [-0.4, -0.2) is 23.6 Å².